The third-order valence-corrected chi connectivity index (χ3v) is 5.55. The van der Waals surface area contributed by atoms with Gasteiger partial charge in [-0.05, 0) is 24.6 Å². The molecule has 28 heavy (non-hydrogen) atoms. The Labute approximate surface area is 173 Å². The van der Waals surface area contributed by atoms with Gasteiger partial charge in [0.05, 0.1) is 28.7 Å². The smallest absolute Gasteiger partial charge is 0.207 e. The molecule has 0 saturated heterocycles. The number of benzene rings is 2. The minimum atomic E-state index is 0.305. The zero-order valence-corrected chi connectivity index (χ0v) is 19.3. The van der Waals surface area contributed by atoms with Gasteiger partial charge in [0.15, 0.2) is 0 Å². The molecule has 0 aliphatic rings. The Balaban J connectivity index is 0.000000921. The molecule has 2 aromatic carbocycles. The van der Waals surface area contributed by atoms with Crippen molar-refractivity contribution in [3.63, 3.8) is 0 Å². The molecular weight excluding hydrogens is 364 g/mol. The van der Waals surface area contributed by atoms with Crippen LogP contribution in [-0.4, -0.2) is 35.0 Å². The van der Waals surface area contributed by atoms with Gasteiger partial charge < -0.3 is 4.74 Å². The van der Waals surface area contributed by atoms with Crippen LogP contribution < -0.4 is 0 Å². The van der Waals surface area contributed by atoms with Gasteiger partial charge in [0.1, 0.15) is 5.75 Å². The second kappa shape index (κ2) is 13.3. The van der Waals surface area contributed by atoms with Gasteiger partial charge in [-0.25, -0.2) is 9.97 Å². The van der Waals surface area contributed by atoms with Gasteiger partial charge in [-0.2, -0.15) is 0 Å². The van der Waals surface area contributed by atoms with E-state index in [9.17, 15) is 0 Å². The summed E-state index contributed by atoms with van der Waals surface area (Å²) in [7, 11) is 2.07. The van der Waals surface area contributed by atoms with Gasteiger partial charge in [0.25, 0.3) is 0 Å². The van der Waals surface area contributed by atoms with Crippen LogP contribution in [0, 0.1) is 6.92 Å². The maximum absolute atomic E-state index is 5.22. The van der Waals surface area contributed by atoms with Gasteiger partial charge in [0.2, 0.25) is 5.94 Å². The van der Waals surface area contributed by atoms with E-state index in [1.54, 1.807) is 7.11 Å². The third-order valence-electron chi connectivity index (χ3n) is 4.01. The second-order valence-corrected chi connectivity index (χ2v) is 8.20. The highest BCUT2D eigenvalue weighted by Gasteiger charge is 2.12. The van der Waals surface area contributed by atoms with E-state index in [0.29, 0.717) is 10.9 Å². The van der Waals surface area contributed by atoms with Crippen molar-refractivity contribution in [2.45, 2.75) is 41.0 Å². The lowest BCUT2D eigenvalue weighted by atomic mass is 10.1. The first kappa shape index (κ1) is 24.1. The summed E-state index contributed by atoms with van der Waals surface area (Å²) in [5.41, 5.74) is 6.30. The fourth-order valence-corrected chi connectivity index (χ4v) is 3.87. The fraction of sp³-hybridized carbons (Fsp3) is 0.417. The Hall–Kier alpha value is -1.91. The van der Waals surface area contributed by atoms with Gasteiger partial charge >= 0.3 is 0 Å². The van der Waals surface area contributed by atoms with E-state index in [1.165, 1.54) is 5.56 Å². The number of methoxy groups -OCH3 is 1. The quantitative estimate of drug-likeness (QED) is 0.473. The molecular formula is C24H35N2OS+. The van der Waals surface area contributed by atoms with Crippen LogP contribution in [0.4, 0.5) is 0 Å². The molecule has 1 aromatic heterocycles. The Morgan fingerprint density at radius 2 is 1.57 bits per heavy atom. The van der Waals surface area contributed by atoms with E-state index in [0.717, 1.165) is 46.1 Å². The third kappa shape index (κ3) is 6.92. The highest BCUT2D eigenvalue weighted by molar-refractivity contribution is 7.96. The maximum atomic E-state index is 5.22. The van der Waals surface area contributed by atoms with E-state index in [4.69, 9.17) is 14.7 Å². The summed E-state index contributed by atoms with van der Waals surface area (Å²) in [6.07, 6.45) is 3.31. The summed E-state index contributed by atoms with van der Waals surface area (Å²) in [5.74, 6) is 1.99. The summed E-state index contributed by atoms with van der Waals surface area (Å²) in [4.78, 5) is 9.62. The van der Waals surface area contributed by atoms with Crippen molar-refractivity contribution in [2.24, 2.45) is 0 Å². The number of ether oxygens (including phenoxy) is 1. The Morgan fingerprint density at radius 1 is 0.893 bits per heavy atom. The SMILES string of the molecule is CC.CC.COC[S+](C)CCc1ccc2nc(-c3ccccc3)c(C)nc2c1. The van der Waals surface area contributed by atoms with Gasteiger partial charge in [-0.3, -0.25) is 0 Å². The average molecular weight is 400 g/mol. The average Bonchev–Trinajstić information content (AvgIpc) is 2.75. The largest absolute Gasteiger partial charge is 0.339 e. The summed E-state index contributed by atoms with van der Waals surface area (Å²) in [6.45, 7) is 10.0. The van der Waals surface area contributed by atoms with E-state index in [-0.39, 0.29) is 0 Å². The van der Waals surface area contributed by atoms with Crippen LogP contribution in [0.25, 0.3) is 22.3 Å². The first-order valence-electron chi connectivity index (χ1n) is 10.1. The number of aromatic nitrogens is 2. The van der Waals surface area contributed by atoms with Gasteiger partial charge in [-0.1, -0.05) is 64.1 Å². The predicted octanol–water partition coefficient (Wildman–Crippen LogP) is 6.05. The molecule has 0 saturated carbocycles. The van der Waals surface area contributed by atoms with Gasteiger partial charge in [0, 0.05) is 30.0 Å². The van der Waals surface area contributed by atoms with Crippen molar-refractivity contribution < 1.29 is 4.74 Å². The van der Waals surface area contributed by atoms with E-state index in [2.05, 4.69) is 36.6 Å². The second-order valence-electron chi connectivity index (χ2n) is 5.99. The number of rotatable bonds is 6. The topological polar surface area (TPSA) is 35.0 Å². The Bertz CT molecular complexity index is 821. The molecule has 0 spiro atoms. The molecule has 0 N–H and O–H groups in total. The lowest BCUT2D eigenvalue weighted by Crippen LogP contribution is -2.13. The summed E-state index contributed by atoms with van der Waals surface area (Å²) < 4.78 is 5.22. The lowest BCUT2D eigenvalue weighted by Gasteiger charge is -2.08. The number of aryl methyl sites for hydroxylation is 2. The maximum Gasteiger partial charge on any atom is 0.207 e. The van der Waals surface area contributed by atoms with Crippen LogP contribution in [0.15, 0.2) is 48.5 Å². The molecule has 1 unspecified atom stereocenters. The first-order valence-corrected chi connectivity index (χ1v) is 12.1. The molecule has 3 rings (SSSR count). The molecule has 1 heterocycles. The zero-order chi connectivity index (χ0) is 20.9. The molecule has 1 atom stereocenters. The normalized spacial score (nSPS) is 11.1. The summed E-state index contributed by atoms with van der Waals surface area (Å²) in [5, 5.41) is 0. The van der Waals surface area contributed by atoms with Crippen LogP contribution in [0.1, 0.15) is 39.0 Å². The van der Waals surface area contributed by atoms with Crippen molar-refractivity contribution >= 4 is 21.9 Å². The molecule has 0 aliphatic heterocycles. The zero-order valence-electron chi connectivity index (χ0n) is 18.5. The number of hydrogen-bond acceptors (Lipinski definition) is 3. The molecule has 0 amide bonds. The highest BCUT2D eigenvalue weighted by Crippen LogP contribution is 2.23. The monoisotopic (exact) mass is 399 g/mol. The van der Waals surface area contributed by atoms with E-state index >= 15 is 0 Å². The molecule has 152 valence electrons. The van der Waals surface area contributed by atoms with Crippen LogP contribution in [0.5, 0.6) is 0 Å². The number of hydrogen-bond donors (Lipinski definition) is 0. The lowest BCUT2D eigenvalue weighted by molar-refractivity contribution is 0.257. The first-order chi connectivity index (χ1) is 13.7. The minimum absolute atomic E-state index is 0.305. The standard InChI is InChI=1S/C20H23N2OS.2C2H6/c1-15-20(17-7-5-4-6-8-17)22-18-10-9-16(13-19(18)21-15)11-12-24(3)14-23-2;2*1-2/h4-10,13H,11-12,14H2,1-3H3;2*1-2H3/q+1;;. The van der Waals surface area contributed by atoms with Crippen LogP contribution in [0.3, 0.4) is 0 Å². The molecule has 4 heteroatoms. The van der Waals surface area contributed by atoms with Crippen molar-refractivity contribution in [2.75, 3.05) is 25.1 Å². The Kier molecular flexibility index (Phi) is 11.5. The van der Waals surface area contributed by atoms with Gasteiger partial charge in [-0.15, -0.1) is 0 Å². The number of nitrogens with zero attached hydrogens (tertiary/aromatic N) is 2. The molecule has 0 radical (unpaired) electrons. The van der Waals surface area contributed by atoms with E-state index in [1.807, 2.05) is 52.8 Å². The molecule has 3 aromatic rings. The van der Waals surface area contributed by atoms with Crippen molar-refractivity contribution in [1.29, 1.82) is 0 Å². The fourth-order valence-electron chi connectivity index (χ4n) is 2.77. The van der Waals surface area contributed by atoms with Crippen molar-refractivity contribution in [3.05, 3.63) is 59.8 Å². The molecule has 0 aliphatic carbocycles. The highest BCUT2D eigenvalue weighted by atomic mass is 32.2. The Morgan fingerprint density at radius 3 is 2.21 bits per heavy atom. The minimum Gasteiger partial charge on any atom is -0.339 e. The van der Waals surface area contributed by atoms with Crippen LogP contribution in [-0.2, 0) is 22.1 Å². The van der Waals surface area contributed by atoms with Crippen molar-refractivity contribution in [1.82, 2.24) is 9.97 Å². The molecule has 3 nitrogen and oxygen atoms in total. The summed E-state index contributed by atoms with van der Waals surface area (Å²) >= 11 is 0. The van der Waals surface area contributed by atoms with Crippen LogP contribution in [0.2, 0.25) is 0 Å². The molecule has 0 bridgehead atoms. The van der Waals surface area contributed by atoms with Crippen molar-refractivity contribution in [3.8, 4) is 11.3 Å². The summed E-state index contributed by atoms with van der Waals surface area (Å²) in [6, 6.07) is 16.7. The predicted molar refractivity (Wildman–Crippen MR) is 126 cm³/mol. The number of fused-ring (bicyclic) bond motifs is 1. The van der Waals surface area contributed by atoms with Crippen LogP contribution >= 0.6 is 0 Å². The molecule has 0 fully saturated rings. The van der Waals surface area contributed by atoms with E-state index < -0.39 is 0 Å².